The molecule has 0 spiro atoms. The fraction of sp³-hybridized carbons (Fsp3) is 0.353. The Bertz CT molecular complexity index is 790. The van der Waals surface area contributed by atoms with E-state index in [1.165, 1.54) is 7.11 Å². The number of hydrogen-bond acceptors (Lipinski definition) is 6. The number of thiophene rings is 1. The molecule has 2 N–H and O–H groups in total. The van der Waals surface area contributed by atoms with Crippen molar-refractivity contribution < 1.29 is 19.1 Å². The van der Waals surface area contributed by atoms with Crippen LogP contribution in [0.5, 0.6) is 0 Å². The first-order valence-corrected chi connectivity index (χ1v) is 8.97. The third-order valence-corrected chi connectivity index (χ3v) is 4.80. The van der Waals surface area contributed by atoms with E-state index >= 15 is 0 Å². The number of thiocarbonyl (C=S) groups is 1. The summed E-state index contributed by atoms with van der Waals surface area (Å²) in [5, 5.41) is 8.64. The van der Waals surface area contributed by atoms with Gasteiger partial charge in [0.05, 0.1) is 25.7 Å². The normalized spacial score (nSPS) is 12.9. The number of benzene rings is 1. The minimum atomic E-state index is -0.847. The molecule has 1 aromatic carbocycles. The minimum Gasteiger partial charge on any atom is -0.469 e. The Hall–Kier alpha value is -2.19. The smallest absolute Gasteiger partial charge is 0.413 e. The zero-order valence-electron chi connectivity index (χ0n) is 14.3. The largest absolute Gasteiger partial charge is 0.469 e. The van der Waals surface area contributed by atoms with Crippen molar-refractivity contribution in [2.24, 2.45) is 0 Å². The Morgan fingerprint density at radius 1 is 1.32 bits per heavy atom. The number of ether oxygens (including phenoxy) is 2. The van der Waals surface area contributed by atoms with Crippen LogP contribution >= 0.6 is 23.6 Å². The SMILES string of the molecule is CCOC(=O)NC(=S)N[C@@](C)(CC(=O)OC)c1ccc2sccc2c1. The zero-order chi connectivity index (χ0) is 18.4. The van der Waals surface area contributed by atoms with Crippen LogP contribution in [-0.4, -0.2) is 30.9 Å². The van der Waals surface area contributed by atoms with Crippen LogP contribution in [0, 0.1) is 0 Å². The Labute approximate surface area is 155 Å². The Morgan fingerprint density at radius 3 is 2.76 bits per heavy atom. The molecule has 8 heteroatoms. The van der Waals surface area contributed by atoms with Gasteiger partial charge < -0.3 is 14.8 Å². The van der Waals surface area contributed by atoms with Crippen LogP contribution < -0.4 is 10.6 Å². The van der Waals surface area contributed by atoms with Gasteiger partial charge in [0.15, 0.2) is 5.11 Å². The highest BCUT2D eigenvalue weighted by atomic mass is 32.1. The Morgan fingerprint density at radius 2 is 2.08 bits per heavy atom. The van der Waals surface area contributed by atoms with Gasteiger partial charge in [-0.05, 0) is 60.6 Å². The van der Waals surface area contributed by atoms with Gasteiger partial charge in [-0.1, -0.05) is 6.07 Å². The molecule has 0 radical (unpaired) electrons. The molecule has 0 aliphatic rings. The van der Waals surface area contributed by atoms with E-state index in [4.69, 9.17) is 21.7 Å². The molecule has 25 heavy (non-hydrogen) atoms. The number of carbonyl (C=O) groups is 2. The quantitative estimate of drug-likeness (QED) is 0.612. The molecule has 134 valence electrons. The fourth-order valence-electron chi connectivity index (χ4n) is 2.43. The van der Waals surface area contributed by atoms with Crippen molar-refractivity contribution in [3.8, 4) is 0 Å². The summed E-state index contributed by atoms with van der Waals surface area (Å²) < 4.78 is 10.8. The number of methoxy groups -OCH3 is 1. The highest BCUT2D eigenvalue weighted by Crippen LogP contribution is 2.30. The van der Waals surface area contributed by atoms with Gasteiger partial charge >= 0.3 is 12.1 Å². The van der Waals surface area contributed by atoms with E-state index in [1.807, 2.05) is 36.6 Å². The molecule has 1 amide bonds. The standard InChI is InChI=1S/C17H20N2O4S2/c1-4-23-16(21)18-15(24)19-17(2,10-14(20)22-3)12-5-6-13-11(9-12)7-8-25-13/h5-9H,4,10H2,1-3H3,(H2,18,19,21,24)/t17-/m0/s1. The molecule has 1 aromatic heterocycles. The Balaban J connectivity index is 2.27. The molecule has 2 aromatic rings. The van der Waals surface area contributed by atoms with Gasteiger partial charge in [0.2, 0.25) is 0 Å². The zero-order valence-corrected chi connectivity index (χ0v) is 15.9. The average molecular weight is 380 g/mol. The van der Waals surface area contributed by atoms with Crippen LogP contribution in [0.1, 0.15) is 25.8 Å². The molecule has 6 nitrogen and oxygen atoms in total. The summed E-state index contributed by atoms with van der Waals surface area (Å²) in [6.07, 6.45) is -0.599. The second-order valence-electron chi connectivity index (χ2n) is 5.56. The van der Waals surface area contributed by atoms with E-state index in [0.29, 0.717) is 0 Å². The van der Waals surface area contributed by atoms with Crippen molar-refractivity contribution in [3.05, 3.63) is 35.2 Å². The summed E-state index contributed by atoms with van der Waals surface area (Å²) in [6.45, 7) is 3.77. The fourth-order valence-corrected chi connectivity index (χ4v) is 3.51. The van der Waals surface area contributed by atoms with Crippen LogP contribution in [0.25, 0.3) is 10.1 Å². The summed E-state index contributed by atoms with van der Waals surface area (Å²) in [5.41, 5.74) is 0.0107. The summed E-state index contributed by atoms with van der Waals surface area (Å²) in [7, 11) is 1.33. The van der Waals surface area contributed by atoms with E-state index in [9.17, 15) is 9.59 Å². The molecular formula is C17H20N2O4S2. The maximum absolute atomic E-state index is 11.9. The van der Waals surface area contributed by atoms with Crippen molar-refractivity contribution in [2.45, 2.75) is 25.8 Å². The maximum Gasteiger partial charge on any atom is 0.413 e. The van der Waals surface area contributed by atoms with Crippen molar-refractivity contribution in [3.63, 3.8) is 0 Å². The number of esters is 1. The van der Waals surface area contributed by atoms with Gasteiger partial charge in [0.1, 0.15) is 0 Å². The number of rotatable bonds is 5. The topological polar surface area (TPSA) is 76.7 Å². The third-order valence-electron chi connectivity index (χ3n) is 3.70. The minimum absolute atomic E-state index is 0.0454. The lowest BCUT2D eigenvalue weighted by molar-refractivity contribution is -0.142. The summed E-state index contributed by atoms with van der Waals surface area (Å²) in [5.74, 6) is -0.389. The predicted molar refractivity (Wildman–Crippen MR) is 102 cm³/mol. The predicted octanol–water partition coefficient (Wildman–Crippen LogP) is 3.30. The molecular weight excluding hydrogens is 360 g/mol. The molecule has 2 rings (SSSR count). The summed E-state index contributed by atoms with van der Waals surface area (Å²) in [4.78, 5) is 23.4. The molecule has 1 atom stereocenters. The molecule has 0 fully saturated rings. The second-order valence-corrected chi connectivity index (χ2v) is 6.91. The number of carbonyl (C=O) groups excluding carboxylic acids is 2. The van der Waals surface area contributed by atoms with Crippen molar-refractivity contribution >= 4 is 50.8 Å². The highest BCUT2D eigenvalue weighted by Gasteiger charge is 2.31. The first-order valence-electron chi connectivity index (χ1n) is 7.68. The maximum atomic E-state index is 11.9. The van der Waals surface area contributed by atoms with Gasteiger partial charge in [-0.3, -0.25) is 10.1 Å². The first-order chi connectivity index (χ1) is 11.9. The number of amides is 1. The molecule has 0 aliphatic heterocycles. The van der Waals surface area contributed by atoms with E-state index < -0.39 is 11.6 Å². The molecule has 0 saturated heterocycles. The van der Waals surface area contributed by atoms with Crippen LogP contribution in [0.4, 0.5) is 4.79 Å². The van der Waals surface area contributed by atoms with E-state index in [1.54, 1.807) is 18.3 Å². The van der Waals surface area contributed by atoms with Crippen molar-refractivity contribution in [1.29, 1.82) is 0 Å². The third kappa shape index (κ3) is 4.90. The number of hydrogen-bond donors (Lipinski definition) is 2. The van der Waals surface area contributed by atoms with Gasteiger partial charge in [0.25, 0.3) is 0 Å². The molecule has 0 unspecified atom stereocenters. The van der Waals surface area contributed by atoms with Crippen molar-refractivity contribution in [2.75, 3.05) is 13.7 Å². The van der Waals surface area contributed by atoms with Crippen LogP contribution in [0.15, 0.2) is 29.6 Å². The van der Waals surface area contributed by atoms with Gasteiger partial charge in [-0.15, -0.1) is 11.3 Å². The number of fused-ring (bicyclic) bond motifs is 1. The summed E-state index contributed by atoms with van der Waals surface area (Å²) in [6, 6.07) is 7.93. The highest BCUT2D eigenvalue weighted by molar-refractivity contribution is 7.80. The number of nitrogens with one attached hydrogen (secondary N) is 2. The lowest BCUT2D eigenvalue weighted by atomic mass is 9.88. The van der Waals surface area contributed by atoms with E-state index in [0.717, 1.165) is 15.6 Å². The van der Waals surface area contributed by atoms with E-state index in [2.05, 4.69) is 10.6 Å². The van der Waals surface area contributed by atoms with Crippen LogP contribution in [0.2, 0.25) is 0 Å². The molecule has 0 aliphatic carbocycles. The van der Waals surface area contributed by atoms with Crippen LogP contribution in [0.3, 0.4) is 0 Å². The van der Waals surface area contributed by atoms with Gasteiger partial charge in [0, 0.05) is 4.70 Å². The molecule has 0 bridgehead atoms. The van der Waals surface area contributed by atoms with Crippen LogP contribution in [-0.2, 0) is 19.8 Å². The van der Waals surface area contributed by atoms with Gasteiger partial charge in [-0.2, -0.15) is 0 Å². The van der Waals surface area contributed by atoms with Gasteiger partial charge in [-0.25, -0.2) is 4.79 Å². The molecule has 1 heterocycles. The second kappa shape index (κ2) is 8.26. The Kier molecular flexibility index (Phi) is 6.33. The lowest BCUT2D eigenvalue weighted by Crippen LogP contribution is -2.50. The first kappa shape index (κ1) is 19.1. The van der Waals surface area contributed by atoms with Crippen molar-refractivity contribution in [1.82, 2.24) is 10.6 Å². The number of alkyl carbamates (subject to hydrolysis) is 1. The van der Waals surface area contributed by atoms with E-state index in [-0.39, 0.29) is 24.1 Å². The molecule has 0 saturated carbocycles. The summed E-state index contributed by atoms with van der Waals surface area (Å²) >= 11 is 6.83. The lowest BCUT2D eigenvalue weighted by Gasteiger charge is -2.31. The monoisotopic (exact) mass is 380 g/mol. The average Bonchev–Trinajstić information content (AvgIpc) is 3.02.